The molecule has 0 aliphatic carbocycles. The lowest BCUT2D eigenvalue weighted by Crippen LogP contribution is -2.48. The SMILES string of the molecule is CC(=O)N1CCN(c2cc(CNCc3cn4cccc(F)c4n3)ccn2)CC1. The number of imidazole rings is 1. The van der Waals surface area contributed by atoms with Crippen molar-refractivity contribution in [2.75, 3.05) is 31.1 Å². The Hall–Kier alpha value is -3.00. The lowest BCUT2D eigenvalue weighted by molar-refractivity contribution is -0.129. The van der Waals surface area contributed by atoms with Crippen LogP contribution in [0.4, 0.5) is 10.2 Å². The second-order valence-corrected chi connectivity index (χ2v) is 6.94. The number of pyridine rings is 2. The first kappa shape index (κ1) is 18.4. The standard InChI is InChI=1S/C20H23FN6O/c1-15(28)25-7-9-26(10-8-25)19-11-16(4-5-23-19)12-22-13-17-14-27-6-2-3-18(21)20(27)24-17/h2-6,11,14,22H,7-10,12-13H2,1H3. The molecular weight excluding hydrogens is 359 g/mol. The minimum absolute atomic E-state index is 0.123. The molecule has 0 spiro atoms. The molecule has 3 aromatic rings. The van der Waals surface area contributed by atoms with Crippen LogP contribution in [-0.4, -0.2) is 51.4 Å². The molecule has 28 heavy (non-hydrogen) atoms. The molecule has 4 heterocycles. The number of carbonyl (C=O) groups excluding carboxylic acids is 1. The molecule has 0 saturated carbocycles. The Morgan fingerprint density at radius 3 is 2.79 bits per heavy atom. The highest BCUT2D eigenvalue weighted by Gasteiger charge is 2.19. The van der Waals surface area contributed by atoms with Crippen LogP contribution in [0.1, 0.15) is 18.2 Å². The third-order valence-electron chi connectivity index (χ3n) is 4.98. The molecule has 1 aliphatic heterocycles. The highest BCUT2D eigenvalue weighted by molar-refractivity contribution is 5.73. The summed E-state index contributed by atoms with van der Waals surface area (Å²) < 4.78 is 15.4. The van der Waals surface area contributed by atoms with Gasteiger partial charge in [0.1, 0.15) is 5.82 Å². The first-order valence-electron chi connectivity index (χ1n) is 9.38. The van der Waals surface area contributed by atoms with Crippen LogP contribution in [-0.2, 0) is 17.9 Å². The Kier molecular flexibility index (Phi) is 5.21. The first-order valence-corrected chi connectivity index (χ1v) is 9.38. The van der Waals surface area contributed by atoms with Gasteiger partial charge in [0.05, 0.1) is 5.69 Å². The van der Waals surface area contributed by atoms with Gasteiger partial charge in [-0.1, -0.05) is 0 Å². The van der Waals surface area contributed by atoms with Gasteiger partial charge < -0.3 is 19.5 Å². The maximum absolute atomic E-state index is 13.7. The van der Waals surface area contributed by atoms with E-state index in [2.05, 4.69) is 26.3 Å². The van der Waals surface area contributed by atoms with E-state index in [1.807, 2.05) is 23.4 Å². The van der Waals surface area contributed by atoms with E-state index in [0.29, 0.717) is 18.7 Å². The van der Waals surface area contributed by atoms with Gasteiger partial charge in [-0.3, -0.25) is 4.79 Å². The fourth-order valence-electron chi connectivity index (χ4n) is 3.44. The topological polar surface area (TPSA) is 65.8 Å². The van der Waals surface area contributed by atoms with Crippen molar-refractivity contribution in [3.63, 3.8) is 0 Å². The Balaban J connectivity index is 1.34. The van der Waals surface area contributed by atoms with Crippen molar-refractivity contribution < 1.29 is 9.18 Å². The molecule has 1 amide bonds. The normalized spacial score (nSPS) is 14.6. The van der Waals surface area contributed by atoms with Crippen molar-refractivity contribution in [2.24, 2.45) is 0 Å². The van der Waals surface area contributed by atoms with Gasteiger partial charge in [-0.05, 0) is 29.8 Å². The van der Waals surface area contributed by atoms with Gasteiger partial charge >= 0.3 is 0 Å². The average molecular weight is 382 g/mol. The van der Waals surface area contributed by atoms with Crippen LogP contribution < -0.4 is 10.2 Å². The number of rotatable bonds is 5. The number of piperazine rings is 1. The number of nitrogens with zero attached hydrogens (tertiary/aromatic N) is 5. The minimum Gasteiger partial charge on any atom is -0.353 e. The predicted octanol–water partition coefficient (Wildman–Crippen LogP) is 1.83. The average Bonchev–Trinajstić information content (AvgIpc) is 3.13. The third-order valence-corrected chi connectivity index (χ3v) is 4.98. The fraction of sp³-hybridized carbons (Fsp3) is 0.350. The van der Waals surface area contributed by atoms with E-state index in [9.17, 15) is 9.18 Å². The molecule has 7 nitrogen and oxygen atoms in total. The molecule has 0 radical (unpaired) electrons. The number of hydrogen-bond donors (Lipinski definition) is 1. The van der Waals surface area contributed by atoms with Crippen LogP contribution in [0.2, 0.25) is 0 Å². The van der Waals surface area contributed by atoms with E-state index < -0.39 is 0 Å². The van der Waals surface area contributed by atoms with E-state index in [-0.39, 0.29) is 11.7 Å². The molecule has 1 saturated heterocycles. The summed E-state index contributed by atoms with van der Waals surface area (Å²) in [5.41, 5.74) is 2.25. The van der Waals surface area contributed by atoms with Crippen molar-refractivity contribution in [1.29, 1.82) is 0 Å². The van der Waals surface area contributed by atoms with Crippen molar-refractivity contribution in [2.45, 2.75) is 20.0 Å². The van der Waals surface area contributed by atoms with E-state index in [0.717, 1.165) is 43.3 Å². The Morgan fingerprint density at radius 2 is 2.04 bits per heavy atom. The summed E-state index contributed by atoms with van der Waals surface area (Å²) in [5.74, 6) is 0.729. The zero-order chi connectivity index (χ0) is 19.5. The summed E-state index contributed by atoms with van der Waals surface area (Å²) in [5, 5.41) is 3.35. The molecule has 0 atom stereocenters. The van der Waals surface area contributed by atoms with Crippen LogP contribution in [0, 0.1) is 5.82 Å². The highest BCUT2D eigenvalue weighted by atomic mass is 19.1. The van der Waals surface area contributed by atoms with Gasteiger partial charge in [-0.15, -0.1) is 0 Å². The highest BCUT2D eigenvalue weighted by Crippen LogP contribution is 2.15. The fourth-order valence-corrected chi connectivity index (χ4v) is 3.44. The molecule has 146 valence electrons. The molecule has 1 N–H and O–H groups in total. The number of nitrogens with one attached hydrogen (secondary N) is 1. The van der Waals surface area contributed by atoms with Gasteiger partial charge in [-0.25, -0.2) is 14.4 Å². The number of fused-ring (bicyclic) bond motifs is 1. The minimum atomic E-state index is -0.322. The van der Waals surface area contributed by atoms with E-state index in [4.69, 9.17) is 0 Å². The largest absolute Gasteiger partial charge is 0.353 e. The van der Waals surface area contributed by atoms with E-state index in [1.54, 1.807) is 23.6 Å². The molecule has 0 aromatic carbocycles. The molecule has 8 heteroatoms. The van der Waals surface area contributed by atoms with Crippen molar-refractivity contribution in [1.82, 2.24) is 24.6 Å². The molecule has 0 bridgehead atoms. The Morgan fingerprint density at radius 1 is 1.21 bits per heavy atom. The zero-order valence-electron chi connectivity index (χ0n) is 15.8. The smallest absolute Gasteiger partial charge is 0.219 e. The van der Waals surface area contributed by atoms with Crippen molar-refractivity contribution >= 4 is 17.4 Å². The Bertz CT molecular complexity index is 980. The molecule has 1 aliphatic rings. The van der Waals surface area contributed by atoms with Gasteiger partial charge in [0.15, 0.2) is 11.5 Å². The molecule has 4 rings (SSSR count). The van der Waals surface area contributed by atoms with Gasteiger partial charge in [-0.2, -0.15) is 0 Å². The quantitative estimate of drug-likeness (QED) is 0.729. The van der Waals surface area contributed by atoms with Crippen LogP contribution in [0.3, 0.4) is 0 Å². The lowest BCUT2D eigenvalue weighted by atomic mass is 10.2. The molecule has 0 unspecified atom stereocenters. The van der Waals surface area contributed by atoms with Crippen LogP contribution in [0.5, 0.6) is 0 Å². The summed E-state index contributed by atoms with van der Waals surface area (Å²) >= 11 is 0. The number of halogens is 1. The van der Waals surface area contributed by atoms with Gasteiger partial charge in [0, 0.05) is 64.8 Å². The second kappa shape index (κ2) is 7.93. The number of amides is 1. The number of anilines is 1. The van der Waals surface area contributed by atoms with Crippen LogP contribution in [0.15, 0.2) is 42.9 Å². The van der Waals surface area contributed by atoms with Crippen LogP contribution >= 0.6 is 0 Å². The zero-order valence-corrected chi connectivity index (χ0v) is 15.8. The maximum atomic E-state index is 13.7. The lowest BCUT2D eigenvalue weighted by Gasteiger charge is -2.35. The maximum Gasteiger partial charge on any atom is 0.219 e. The molecule has 3 aromatic heterocycles. The van der Waals surface area contributed by atoms with E-state index >= 15 is 0 Å². The summed E-state index contributed by atoms with van der Waals surface area (Å²) in [6, 6.07) is 7.12. The summed E-state index contributed by atoms with van der Waals surface area (Å²) in [7, 11) is 0. The van der Waals surface area contributed by atoms with E-state index in [1.165, 1.54) is 6.07 Å². The van der Waals surface area contributed by atoms with Crippen LogP contribution in [0.25, 0.3) is 5.65 Å². The summed E-state index contributed by atoms with van der Waals surface area (Å²) in [6.45, 7) is 5.85. The third kappa shape index (κ3) is 3.96. The monoisotopic (exact) mass is 382 g/mol. The van der Waals surface area contributed by atoms with Gasteiger partial charge in [0.2, 0.25) is 5.91 Å². The Labute approximate surface area is 162 Å². The van der Waals surface area contributed by atoms with Gasteiger partial charge in [0.25, 0.3) is 0 Å². The van der Waals surface area contributed by atoms with Crippen molar-refractivity contribution in [3.8, 4) is 0 Å². The summed E-state index contributed by atoms with van der Waals surface area (Å²) in [6.07, 6.45) is 5.43. The predicted molar refractivity (Wildman–Crippen MR) is 104 cm³/mol. The number of aromatic nitrogens is 3. The second-order valence-electron chi connectivity index (χ2n) is 6.94. The number of carbonyl (C=O) groups is 1. The number of hydrogen-bond acceptors (Lipinski definition) is 5. The molecular formula is C20H23FN6O. The van der Waals surface area contributed by atoms with Crippen molar-refractivity contribution in [3.05, 3.63) is 59.9 Å². The first-order chi connectivity index (χ1) is 13.6. The molecule has 1 fully saturated rings. The summed E-state index contributed by atoms with van der Waals surface area (Å²) in [4.78, 5) is 24.3.